The summed E-state index contributed by atoms with van der Waals surface area (Å²) in [5.74, 6) is -1.75. The number of ether oxygens (including phenoxy) is 1. The zero-order chi connectivity index (χ0) is 29.0. The van der Waals surface area contributed by atoms with Crippen LogP contribution in [-0.2, 0) is 14.3 Å². The van der Waals surface area contributed by atoms with Crippen LogP contribution in [0.15, 0.2) is 53.4 Å². The first-order valence-electron chi connectivity index (χ1n) is 12.6. The van der Waals surface area contributed by atoms with Gasteiger partial charge in [-0.1, -0.05) is 36.5 Å². The lowest BCUT2D eigenvalue weighted by Crippen LogP contribution is -2.36. The maximum Gasteiger partial charge on any atom is 0.339 e. The highest BCUT2D eigenvalue weighted by Gasteiger charge is 2.36. The van der Waals surface area contributed by atoms with E-state index in [4.69, 9.17) is 27.9 Å². The lowest BCUT2D eigenvalue weighted by Gasteiger charge is -2.13. The summed E-state index contributed by atoms with van der Waals surface area (Å²) in [6.45, 7) is 5.63. The smallest absolute Gasteiger partial charge is 0.339 e. The summed E-state index contributed by atoms with van der Waals surface area (Å²) in [7, 11) is 0. The van der Waals surface area contributed by atoms with Crippen LogP contribution in [0.5, 0.6) is 0 Å². The third-order valence-electron chi connectivity index (χ3n) is 6.22. The number of benzene rings is 2. The summed E-state index contributed by atoms with van der Waals surface area (Å²) in [6.07, 6.45) is 3.25. The molecule has 11 heteroatoms. The molecule has 0 unspecified atom stereocenters. The number of nitrogens with zero attached hydrogens (tertiary/aromatic N) is 2. The summed E-state index contributed by atoms with van der Waals surface area (Å²) in [4.78, 5) is 51.9. The minimum absolute atomic E-state index is 0.112. The number of amides is 3. The van der Waals surface area contributed by atoms with Gasteiger partial charge in [0.1, 0.15) is 6.54 Å². The van der Waals surface area contributed by atoms with E-state index in [-0.39, 0.29) is 27.8 Å². The molecule has 2 aromatic carbocycles. The third-order valence-corrected chi connectivity index (χ3v) is 7.71. The number of aromatic nitrogens is 1. The maximum atomic E-state index is 13.1. The van der Waals surface area contributed by atoms with Gasteiger partial charge in [-0.15, -0.1) is 0 Å². The summed E-state index contributed by atoms with van der Waals surface area (Å²) < 4.78 is 7.23. The van der Waals surface area contributed by atoms with Crippen molar-refractivity contribution in [2.75, 3.05) is 18.5 Å². The number of rotatable bonds is 9. The molecule has 3 amide bonds. The number of hydrogen-bond donors (Lipinski definition) is 1. The average Bonchev–Trinajstić information content (AvgIpc) is 3.34. The molecule has 0 bridgehead atoms. The van der Waals surface area contributed by atoms with Gasteiger partial charge in [0.15, 0.2) is 0 Å². The molecule has 40 heavy (non-hydrogen) atoms. The number of thioether (sulfide) groups is 1. The topological polar surface area (TPSA) is 97.7 Å². The van der Waals surface area contributed by atoms with E-state index in [1.165, 1.54) is 18.2 Å². The minimum Gasteiger partial charge on any atom is -0.462 e. The molecule has 4 rings (SSSR count). The van der Waals surface area contributed by atoms with E-state index >= 15 is 0 Å². The second kappa shape index (κ2) is 12.8. The molecule has 2 heterocycles. The Hall–Kier alpha value is -3.53. The first-order valence-corrected chi connectivity index (χ1v) is 14.1. The van der Waals surface area contributed by atoms with Crippen LogP contribution in [0, 0.1) is 13.8 Å². The van der Waals surface area contributed by atoms with Crippen LogP contribution in [0.1, 0.15) is 47.1 Å². The highest BCUT2D eigenvalue weighted by atomic mass is 35.5. The molecule has 0 spiro atoms. The van der Waals surface area contributed by atoms with Crippen molar-refractivity contribution in [3.8, 4) is 5.69 Å². The van der Waals surface area contributed by atoms with Gasteiger partial charge in [0.2, 0.25) is 5.91 Å². The highest BCUT2D eigenvalue weighted by molar-refractivity contribution is 8.18. The summed E-state index contributed by atoms with van der Waals surface area (Å²) in [5, 5.41) is 2.88. The molecule has 8 nitrogen and oxygen atoms in total. The van der Waals surface area contributed by atoms with E-state index in [0.717, 1.165) is 52.1 Å². The van der Waals surface area contributed by atoms with Crippen molar-refractivity contribution >= 4 is 69.8 Å². The van der Waals surface area contributed by atoms with Crippen LogP contribution in [0.3, 0.4) is 0 Å². The molecule has 1 N–H and O–H groups in total. The van der Waals surface area contributed by atoms with E-state index in [0.29, 0.717) is 5.02 Å². The van der Waals surface area contributed by atoms with E-state index in [2.05, 4.69) is 5.32 Å². The molecular weight excluding hydrogens is 573 g/mol. The zero-order valence-electron chi connectivity index (χ0n) is 22.1. The fourth-order valence-electron chi connectivity index (χ4n) is 4.19. The number of aryl methyl sites for hydroxylation is 1. The second-order valence-electron chi connectivity index (χ2n) is 9.14. The van der Waals surface area contributed by atoms with Crippen molar-refractivity contribution in [3.05, 3.63) is 86.0 Å². The number of hydrogen-bond acceptors (Lipinski definition) is 6. The van der Waals surface area contributed by atoms with Crippen LogP contribution in [-0.4, -0.2) is 45.6 Å². The Balaban J connectivity index is 1.46. The van der Waals surface area contributed by atoms with Crippen molar-refractivity contribution in [3.63, 3.8) is 0 Å². The zero-order valence-corrected chi connectivity index (χ0v) is 24.5. The molecule has 1 aliphatic heterocycles. The molecule has 1 aliphatic rings. The Morgan fingerprint density at radius 3 is 2.48 bits per heavy atom. The normalized spacial score (nSPS) is 14.2. The molecule has 3 aromatic rings. The molecule has 0 atom stereocenters. The van der Waals surface area contributed by atoms with Crippen LogP contribution >= 0.6 is 35.0 Å². The Bertz CT molecular complexity index is 1510. The van der Waals surface area contributed by atoms with Gasteiger partial charge >= 0.3 is 5.97 Å². The number of esters is 1. The number of carbonyl (C=O) groups is 4. The third kappa shape index (κ3) is 6.60. The predicted molar refractivity (Wildman–Crippen MR) is 158 cm³/mol. The van der Waals surface area contributed by atoms with Gasteiger partial charge < -0.3 is 14.6 Å². The van der Waals surface area contributed by atoms with Crippen LogP contribution < -0.4 is 5.32 Å². The summed E-state index contributed by atoms with van der Waals surface area (Å²) >= 11 is 12.9. The highest BCUT2D eigenvalue weighted by Crippen LogP contribution is 2.34. The largest absolute Gasteiger partial charge is 0.462 e. The lowest BCUT2D eigenvalue weighted by molar-refractivity contribution is -0.127. The van der Waals surface area contributed by atoms with Crippen molar-refractivity contribution in [1.29, 1.82) is 0 Å². The SMILES string of the molecule is CCCCOC(=O)c1cc(NC(=O)CN2C(=O)S/C(=C/c3cc(C)n(-c4ccc(Cl)cc4)c3C)C2=O)ccc1Cl. The van der Waals surface area contributed by atoms with Crippen molar-refractivity contribution in [1.82, 2.24) is 9.47 Å². The van der Waals surface area contributed by atoms with Gasteiger partial charge in [-0.05, 0) is 92.2 Å². The van der Waals surface area contributed by atoms with Gasteiger partial charge in [0.05, 0.1) is 22.1 Å². The number of unbranched alkanes of at least 4 members (excludes halogenated alkanes) is 1. The fraction of sp³-hybridized carbons (Fsp3) is 0.241. The number of anilines is 1. The standard InChI is InChI=1S/C29H27Cl2N3O5S/c1-4-5-12-39-28(37)23-15-21(8-11-24(23)31)32-26(35)16-33-27(36)25(40-29(33)38)14-19-13-17(2)34(18(19)3)22-9-6-20(30)7-10-22/h6-11,13-15H,4-5,12,16H2,1-3H3,(H,32,35)/b25-14+. The van der Waals surface area contributed by atoms with E-state index < -0.39 is 29.6 Å². The van der Waals surface area contributed by atoms with Crippen molar-refractivity contribution in [2.24, 2.45) is 0 Å². The quantitative estimate of drug-likeness (QED) is 0.161. The van der Waals surface area contributed by atoms with Crippen molar-refractivity contribution < 1.29 is 23.9 Å². The maximum absolute atomic E-state index is 13.1. The minimum atomic E-state index is -0.600. The summed E-state index contributed by atoms with van der Waals surface area (Å²) in [5.41, 5.74) is 3.93. The fourth-order valence-corrected chi connectivity index (χ4v) is 5.34. The molecule has 1 aromatic heterocycles. The Morgan fingerprint density at radius 2 is 1.77 bits per heavy atom. The van der Waals surface area contributed by atoms with Gasteiger partial charge in [-0.3, -0.25) is 19.3 Å². The van der Waals surface area contributed by atoms with Gasteiger partial charge in [0, 0.05) is 27.8 Å². The van der Waals surface area contributed by atoms with Crippen molar-refractivity contribution in [2.45, 2.75) is 33.6 Å². The van der Waals surface area contributed by atoms with E-state index in [9.17, 15) is 19.2 Å². The number of imide groups is 1. The predicted octanol–water partition coefficient (Wildman–Crippen LogP) is 7.03. The van der Waals surface area contributed by atoms with Gasteiger partial charge in [-0.25, -0.2) is 4.79 Å². The number of carbonyl (C=O) groups excluding carboxylic acids is 4. The molecule has 1 saturated heterocycles. The molecule has 1 fully saturated rings. The second-order valence-corrected chi connectivity index (χ2v) is 11.0. The van der Waals surface area contributed by atoms with E-state index in [1.807, 2.05) is 43.5 Å². The van der Waals surface area contributed by atoms with Crippen LogP contribution in [0.25, 0.3) is 11.8 Å². The molecular formula is C29H27Cl2N3O5S. The Kier molecular flexibility index (Phi) is 9.40. The van der Waals surface area contributed by atoms with Crippen LogP contribution in [0.4, 0.5) is 10.5 Å². The lowest BCUT2D eigenvalue weighted by atomic mass is 10.2. The molecule has 0 radical (unpaired) electrons. The number of nitrogens with one attached hydrogen (secondary N) is 1. The van der Waals surface area contributed by atoms with Gasteiger partial charge in [-0.2, -0.15) is 0 Å². The van der Waals surface area contributed by atoms with Gasteiger partial charge in [0.25, 0.3) is 11.1 Å². The first-order chi connectivity index (χ1) is 19.1. The number of halogens is 2. The first kappa shape index (κ1) is 29.5. The van der Waals surface area contributed by atoms with E-state index in [1.54, 1.807) is 18.2 Å². The monoisotopic (exact) mass is 599 g/mol. The Morgan fingerprint density at radius 1 is 1.05 bits per heavy atom. The molecule has 0 saturated carbocycles. The molecule has 208 valence electrons. The van der Waals surface area contributed by atoms with Crippen LogP contribution in [0.2, 0.25) is 10.0 Å². The summed E-state index contributed by atoms with van der Waals surface area (Å²) in [6, 6.07) is 13.7. The Labute approximate surface area is 246 Å². The molecule has 0 aliphatic carbocycles. The average molecular weight is 601 g/mol.